The van der Waals surface area contributed by atoms with E-state index in [1.54, 1.807) is 25.1 Å². The number of hydrazone groups is 1. The van der Waals surface area contributed by atoms with Crippen LogP contribution in [0.2, 0.25) is 5.02 Å². The summed E-state index contributed by atoms with van der Waals surface area (Å²) in [5, 5.41) is 7.25. The van der Waals surface area contributed by atoms with Crippen molar-refractivity contribution in [2.75, 3.05) is 11.9 Å². The van der Waals surface area contributed by atoms with Gasteiger partial charge in [-0.05, 0) is 62.2 Å². The van der Waals surface area contributed by atoms with Gasteiger partial charge in [0, 0.05) is 20.9 Å². The maximum Gasteiger partial charge on any atom is 0.277 e. The van der Waals surface area contributed by atoms with Crippen molar-refractivity contribution in [1.82, 2.24) is 5.43 Å². The van der Waals surface area contributed by atoms with E-state index >= 15 is 0 Å². The van der Waals surface area contributed by atoms with Gasteiger partial charge in [0.25, 0.3) is 5.91 Å². The summed E-state index contributed by atoms with van der Waals surface area (Å²) in [6.07, 6.45) is 0.0401. The Morgan fingerprint density at radius 1 is 1.11 bits per heavy atom. The van der Waals surface area contributed by atoms with Crippen molar-refractivity contribution in [2.45, 2.75) is 27.2 Å². The Labute approximate surface area is 177 Å². The summed E-state index contributed by atoms with van der Waals surface area (Å²) in [4.78, 5) is 23.9. The summed E-state index contributed by atoms with van der Waals surface area (Å²) in [7, 11) is 0. The summed E-state index contributed by atoms with van der Waals surface area (Å²) >= 11 is 9.41. The lowest BCUT2D eigenvalue weighted by Crippen LogP contribution is -2.26. The number of halogens is 2. The highest BCUT2D eigenvalue weighted by Gasteiger charge is 2.08. The van der Waals surface area contributed by atoms with E-state index in [4.69, 9.17) is 16.3 Å². The Kier molecular flexibility index (Phi) is 8.02. The molecule has 0 spiro atoms. The average Bonchev–Trinajstić information content (AvgIpc) is 2.62. The van der Waals surface area contributed by atoms with E-state index in [-0.39, 0.29) is 18.9 Å². The summed E-state index contributed by atoms with van der Waals surface area (Å²) < 4.78 is 6.41. The van der Waals surface area contributed by atoms with Gasteiger partial charge in [-0.1, -0.05) is 33.6 Å². The van der Waals surface area contributed by atoms with E-state index in [1.807, 2.05) is 32.0 Å². The van der Waals surface area contributed by atoms with Crippen molar-refractivity contribution < 1.29 is 14.3 Å². The number of aryl methyl sites for hydroxylation is 2. The van der Waals surface area contributed by atoms with Crippen LogP contribution in [0.5, 0.6) is 5.75 Å². The molecule has 28 heavy (non-hydrogen) atoms. The van der Waals surface area contributed by atoms with Gasteiger partial charge in [0.1, 0.15) is 5.75 Å². The van der Waals surface area contributed by atoms with Crippen LogP contribution in [0.1, 0.15) is 24.5 Å². The molecule has 0 aliphatic carbocycles. The second-order valence-electron chi connectivity index (χ2n) is 6.27. The zero-order valence-electron chi connectivity index (χ0n) is 15.8. The van der Waals surface area contributed by atoms with Gasteiger partial charge in [0.2, 0.25) is 5.91 Å². The third-order valence-electron chi connectivity index (χ3n) is 3.74. The number of rotatable bonds is 7. The third kappa shape index (κ3) is 6.98. The van der Waals surface area contributed by atoms with E-state index in [1.165, 1.54) is 0 Å². The first-order chi connectivity index (χ1) is 13.2. The van der Waals surface area contributed by atoms with Crippen molar-refractivity contribution in [3.8, 4) is 5.75 Å². The van der Waals surface area contributed by atoms with Crippen molar-refractivity contribution in [1.29, 1.82) is 0 Å². The predicted molar refractivity (Wildman–Crippen MR) is 115 cm³/mol. The molecule has 0 aromatic heterocycles. The molecule has 0 aliphatic rings. The number of nitrogens with zero attached hydrogens (tertiary/aromatic N) is 1. The van der Waals surface area contributed by atoms with Crippen LogP contribution in [-0.2, 0) is 9.59 Å². The van der Waals surface area contributed by atoms with Crippen LogP contribution in [0.3, 0.4) is 0 Å². The van der Waals surface area contributed by atoms with Crippen LogP contribution in [0.25, 0.3) is 0 Å². The van der Waals surface area contributed by atoms with Crippen LogP contribution in [0.15, 0.2) is 46.0 Å². The Morgan fingerprint density at radius 3 is 2.54 bits per heavy atom. The highest BCUT2D eigenvalue weighted by Crippen LogP contribution is 2.22. The summed E-state index contributed by atoms with van der Waals surface area (Å²) in [5.74, 6) is -0.0419. The SMILES string of the molecule is C/C(CC(=O)Nc1ccc(C)c(Cl)c1)=N\NC(=O)COc1ccc(Br)cc1C. The molecule has 0 unspecified atom stereocenters. The second-order valence-corrected chi connectivity index (χ2v) is 7.59. The molecule has 0 saturated heterocycles. The Morgan fingerprint density at radius 2 is 1.86 bits per heavy atom. The standard InChI is InChI=1S/C20H21BrClN3O3/c1-12-4-6-16(10-17(12)22)23-19(26)9-14(3)24-25-20(27)11-28-18-7-5-15(21)8-13(18)2/h4-8,10H,9,11H2,1-3H3,(H,23,26)(H,25,27)/b24-14+. The van der Waals surface area contributed by atoms with E-state index in [2.05, 4.69) is 31.8 Å². The van der Waals surface area contributed by atoms with Gasteiger partial charge in [0.15, 0.2) is 6.61 Å². The molecule has 148 valence electrons. The molecule has 0 atom stereocenters. The van der Waals surface area contributed by atoms with Gasteiger partial charge in [0.05, 0.1) is 6.42 Å². The molecule has 2 rings (SSSR count). The molecule has 2 amide bonds. The van der Waals surface area contributed by atoms with Crippen molar-refractivity contribution in [3.63, 3.8) is 0 Å². The van der Waals surface area contributed by atoms with E-state index < -0.39 is 5.91 Å². The normalized spacial score (nSPS) is 11.1. The maximum atomic E-state index is 12.1. The molecule has 0 saturated carbocycles. The van der Waals surface area contributed by atoms with Gasteiger partial charge in [-0.3, -0.25) is 9.59 Å². The molecule has 2 N–H and O–H groups in total. The van der Waals surface area contributed by atoms with Gasteiger partial charge < -0.3 is 10.1 Å². The van der Waals surface area contributed by atoms with E-state index in [0.29, 0.717) is 22.2 Å². The van der Waals surface area contributed by atoms with E-state index in [9.17, 15) is 9.59 Å². The zero-order valence-corrected chi connectivity index (χ0v) is 18.1. The number of hydrogen-bond acceptors (Lipinski definition) is 4. The minimum absolute atomic E-state index is 0.0401. The van der Waals surface area contributed by atoms with Gasteiger partial charge in [-0.25, -0.2) is 5.43 Å². The lowest BCUT2D eigenvalue weighted by Gasteiger charge is -2.09. The number of carbonyl (C=O) groups excluding carboxylic acids is 2. The van der Waals surface area contributed by atoms with Crippen LogP contribution in [0.4, 0.5) is 5.69 Å². The molecule has 2 aromatic rings. The molecular formula is C20H21BrClN3O3. The number of hydrogen-bond donors (Lipinski definition) is 2. The number of benzene rings is 2. The summed E-state index contributed by atoms with van der Waals surface area (Å²) in [5.41, 5.74) is 5.30. The first-order valence-electron chi connectivity index (χ1n) is 8.51. The third-order valence-corrected chi connectivity index (χ3v) is 4.64. The summed E-state index contributed by atoms with van der Waals surface area (Å²) in [6, 6.07) is 10.8. The molecule has 0 radical (unpaired) electrons. The highest BCUT2D eigenvalue weighted by molar-refractivity contribution is 9.10. The number of anilines is 1. The Bertz CT molecular complexity index is 916. The minimum Gasteiger partial charge on any atom is -0.483 e. The predicted octanol–water partition coefficient (Wildman–Crippen LogP) is 4.62. The Hall–Kier alpha value is -2.38. The number of nitrogens with one attached hydrogen (secondary N) is 2. The minimum atomic E-state index is -0.410. The lowest BCUT2D eigenvalue weighted by molar-refractivity contribution is -0.123. The molecule has 0 bridgehead atoms. The number of amides is 2. The number of carbonyl (C=O) groups is 2. The fourth-order valence-corrected chi connectivity index (χ4v) is 2.91. The smallest absolute Gasteiger partial charge is 0.277 e. The molecular weight excluding hydrogens is 446 g/mol. The molecule has 0 heterocycles. The van der Waals surface area contributed by atoms with Crippen LogP contribution in [0, 0.1) is 13.8 Å². The topological polar surface area (TPSA) is 79.8 Å². The fraction of sp³-hybridized carbons (Fsp3) is 0.250. The molecule has 2 aromatic carbocycles. The second kappa shape index (κ2) is 10.2. The molecule has 0 aliphatic heterocycles. The van der Waals surface area contributed by atoms with Crippen molar-refractivity contribution in [2.24, 2.45) is 5.10 Å². The zero-order chi connectivity index (χ0) is 20.7. The molecule has 8 heteroatoms. The quantitative estimate of drug-likeness (QED) is 0.461. The number of ether oxygens (including phenoxy) is 1. The fourth-order valence-electron chi connectivity index (χ4n) is 2.26. The molecule has 0 fully saturated rings. The molecule has 6 nitrogen and oxygen atoms in total. The van der Waals surface area contributed by atoms with Crippen LogP contribution >= 0.6 is 27.5 Å². The van der Waals surface area contributed by atoms with Crippen molar-refractivity contribution in [3.05, 3.63) is 57.0 Å². The van der Waals surface area contributed by atoms with Crippen LogP contribution < -0.4 is 15.5 Å². The maximum absolute atomic E-state index is 12.1. The first kappa shape index (κ1) is 21.9. The van der Waals surface area contributed by atoms with Gasteiger partial charge in [-0.2, -0.15) is 5.10 Å². The van der Waals surface area contributed by atoms with E-state index in [0.717, 1.165) is 15.6 Å². The van der Waals surface area contributed by atoms with Crippen LogP contribution in [-0.4, -0.2) is 24.1 Å². The first-order valence-corrected chi connectivity index (χ1v) is 9.68. The van der Waals surface area contributed by atoms with Crippen molar-refractivity contribution >= 4 is 50.7 Å². The highest BCUT2D eigenvalue weighted by atomic mass is 79.9. The van der Waals surface area contributed by atoms with Gasteiger partial charge in [-0.15, -0.1) is 0 Å². The van der Waals surface area contributed by atoms with Gasteiger partial charge >= 0.3 is 0 Å². The Balaban J connectivity index is 1.79. The average molecular weight is 467 g/mol. The largest absolute Gasteiger partial charge is 0.483 e. The summed E-state index contributed by atoms with van der Waals surface area (Å²) in [6.45, 7) is 5.25. The monoisotopic (exact) mass is 465 g/mol. The lowest BCUT2D eigenvalue weighted by atomic mass is 10.2.